The highest BCUT2D eigenvalue weighted by molar-refractivity contribution is 5.37. The van der Waals surface area contributed by atoms with Gasteiger partial charge < -0.3 is 14.8 Å². The van der Waals surface area contributed by atoms with Crippen LogP contribution in [0.2, 0.25) is 0 Å². The maximum atomic E-state index is 5.18. The Bertz CT molecular complexity index is 361. The minimum absolute atomic E-state index is 0.748. The van der Waals surface area contributed by atoms with Gasteiger partial charge >= 0.3 is 0 Å². The molecule has 0 unspecified atom stereocenters. The van der Waals surface area contributed by atoms with E-state index in [4.69, 9.17) is 9.47 Å². The number of anilines is 1. The number of methoxy groups -OCH3 is 2. The number of nitrogens with zero attached hydrogens (tertiary/aromatic N) is 2. The second kappa shape index (κ2) is 10.6. The van der Waals surface area contributed by atoms with Gasteiger partial charge in [-0.2, -0.15) is 0 Å². The summed E-state index contributed by atoms with van der Waals surface area (Å²) in [6.07, 6.45) is 2.89. The molecule has 114 valence electrons. The van der Waals surface area contributed by atoms with Crippen molar-refractivity contribution in [2.45, 2.75) is 19.9 Å². The van der Waals surface area contributed by atoms with E-state index in [0.717, 1.165) is 51.6 Å². The summed E-state index contributed by atoms with van der Waals surface area (Å²) < 4.78 is 10.3. The van der Waals surface area contributed by atoms with Crippen LogP contribution in [-0.2, 0) is 16.0 Å². The summed E-state index contributed by atoms with van der Waals surface area (Å²) in [5.41, 5.74) is 1.27. The van der Waals surface area contributed by atoms with Crippen LogP contribution in [0.3, 0.4) is 0 Å². The Morgan fingerprint density at radius 2 is 2.00 bits per heavy atom. The summed E-state index contributed by atoms with van der Waals surface area (Å²) in [6, 6.07) is 4.18. The molecule has 0 radical (unpaired) electrons. The Morgan fingerprint density at radius 1 is 1.20 bits per heavy atom. The topological polar surface area (TPSA) is 46.6 Å². The van der Waals surface area contributed by atoms with Crippen LogP contribution in [0.15, 0.2) is 18.3 Å². The van der Waals surface area contributed by atoms with Crippen molar-refractivity contribution in [1.29, 1.82) is 0 Å². The van der Waals surface area contributed by atoms with Gasteiger partial charge in [0, 0.05) is 53.2 Å². The van der Waals surface area contributed by atoms with Crippen molar-refractivity contribution in [2.24, 2.45) is 0 Å². The van der Waals surface area contributed by atoms with E-state index in [1.807, 2.05) is 6.20 Å². The maximum absolute atomic E-state index is 5.18. The first-order valence-electron chi connectivity index (χ1n) is 7.19. The lowest BCUT2D eigenvalue weighted by Crippen LogP contribution is -2.28. The van der Waals surface area contributed by atoms with Crippen LogP contribution < -0.4 is 5.32 Å². The highest BCUT2D eigenvalue weighted by atomic mass is 16.5. The van der Waals surface area contributed by atoms with E-state index in [1.165, 1.54) is 5.56 Å². The average molecular weight is 281 g/mol. The Kier molecular flexibility index (Phi) is 8.95. The van der Waals surface area contributed by atoms with Gasteiger partial charge in [-0.1, -0.05) is 0 Å². The lowest BCUT2D eigenvalue weighted by molar-refractivity contribution is 0.129. The average Bonchev–Trinajstić information content (AvgIpc) is 2.45. The van der Waals surface area contributed by atoms with E-state index in [-0.39, 0.29) is 0 Å². The van der Waals surface area contributed by atoms with Crippen LogP contribution in [-0.4, -0.2) is 57.0 Å². The summed E-state index contributed by atoms with van der Waals surface area (Å²) >= 11 is 0. The Balaban J connectivity index is 2.55. The van der Waals surface area contributed by atoms with Crippen LogP contribution in [0.25, 0.3) is 0 Å². The Morgan fingerprint density at radius 3 is 2.70 bits per heavy atom. The first-order chi connectivity index (χ1) is 9.80. The highest BCUT2D eigenvalue weighted by Crippen LogP contribution is 2.10. The van der Waals surface area contributed by atoms with Crippen LogP contribution in [0, 0.1) is 0 Å². The zero-order valence-electron chi connectivity index (χ0n) is 12.9. The van der Waals surface area contributed by atoms with Gasteiger partial charge in [0.25, 0.3) is 0 Å². The van der Waals surface area contributed by atoms with Gasteiger partial charge in [0.05, 0.1) is 6.61 Å². The Labute approximate surface area is 122 Å². The number of rotatable bonds is 11. The van der Waals surface area contributed by atoms with E-state index in [1.54, 1.807) is 14.2 Å². The van der Waals surface area contributed by atoms with Crippen molar-refractivity contribution < 1.29 is 9.47 Å². The predicted molar refractivity (Wildman–Crippen MR) is 82.0 cm³/mol. The van der Waals surface area contributed by atoms with Gasteiger partial charge in [-0.3, -0.25) is 4.90 Å². The van der Waals surface area contributed by atoms with E-state index >= 15 is 0 Å². The van der Waals surface area contributed by atoms with Gasteiger partial charge in [0.1, 0.15) is 5.82 Å². The van der Waals surface area contributed by atoms with E-state index in [0.29, 0.717) is 0 Å². The third kappa shape index (κ3) is 6.84. The van der Waals surface area contributed by atoms with Crippen LogP contribution in [0.5, 0.6) is 0 Å². The summed E-state index contributed by atoms with van der Waals surface area (Å²) in [5.74, 6) is 0.939. The zero-order chi connectivity index (χ0) is 14.6. The molecule has 1 heterocycles. The molecule has 0 aliphatic heterocycles. The minimum atomic E-state index is 0.748. The molecule has 1 rings (SSSR count). The molecule has 0 bridgehead atoms. The standard InChI is InChI=1S/C15H27N3O2/c1-4-16-15-12-14(6-7-17-15)13-18(9-11-20-3)8-5-10-19-2/h6-7,12H,4-5,8-11,13H2,1-3H3,(H,16,17). The normalized spacial score (nSPS) is 11.0. The molecule has 0 fully saturated rings. The number of hydrogen-bond acceptors (Lipinski definition) is 5. The molecule has 0 amide bonds. The molecule has 1 N–H and O–H groups in total. The molecule has 1 aromatic rings. The third-order valence-corrected chi connectivity index (χ3v) is 3.02. The number of hydrogen-bond donors (Lipinski definition) is 1. The summed E-state index contributed by atoms with van der Waals surface area (Å²) in [6.45, 7) is 7.35. The highest BCUT2D eigenvalue weighted by Gasteiger charge is 2.06. The molecule has 0 aromatic carbocycles. The SMILES string of the molecule is CCNc1cc(CN(CCCOC)CCOC)ccn1. The first kappa shape index (κ1) is 16.9. The second-order valence-corrected chi connectivity index (χ2v) is 4.69. The molecule has 5 nitrogen and oxygen atoms in total. The van der Waals surface area contributed by atoms with Gasteiger partial charge in [0.2, 0.25) is 0 Å². The lowest BCUT2D eigenvalue weighted by Gasteiger charge is -2.22. The largest absolute Gasteiger partial charge is 0.385 e. The summed E-state index contributed by atoms with van der Waals surface area (Å²) in [7, 11) is 3.48. The second-order valence-electron chi connectivity index (χ2n) is 4.69. The molecule has 0 atom stereocenters. The van der Waals surface area contributed by atoms with Crippen molar-refractivity contribution in [1.82, 2.24) is 9.88 Å². The molecule has 0 aliphatic rings. The van der Waals surface area contributed by atoms with Crippen molar-refractivity contribution in [3.8, 4) is 0 Å². The summed E-state index contributed by atoms with van der Waals surface area (Å²) in [5, 5.41) is 3.24. The Hall–Kier alpha value is -1.17. The van der Waals surface area contributed by atoms with E-state index < -0.39 is 0 Å². The molecule has 0 aliphatic carbocycles. The molecule has 1 aromatic heterocycles. The van der Waals surface area contributed by atoms with Crippen LogP contribution in [0.4, 0.5) is 5.82 Å². The fourth-order valence-corrected chi connectivity index (χ4v) is 2.03. The van der Waals surface area contributed by atoms with Crippen molar-refractivity contribution in [3.05, 3.63) is 23.9 Å². The number of aromatic nitrogens is 1. The summed E-state index contributed by atoms with van der Waals surface area (Å²) in [4.78, 5) is 6.68. The monoisotopic (exact) mass is 281 g/mol. The predicted octanol–water partition coefficient (Wildman–Crippen LogP) is 2.00. The maximum Gasteiger partial charge on any atom is 0.126 e. The van der Waals surface area contributed by atoms with Crippen molar-refractivity contribution in [2.75, 3.05) is 52.4 Å². The van der Waals surface area contributed by atoms with Gasteiger partial charge in [-0.25, -0.2) is 4.98 Å². The van der Waals surface area contributed by atoms with Crippen LogP contribution >= 0.6 is 0 Å². The van der Waals surface area contributed by atoms with E-state index in [9.17, 15) is 0 Å². The number of pyridine rings is 1. The number of ether oxygens (including phenoxy) is 2. The fourth-order valence-electron chi connectivity index (χ4n) is 2.03. The molecular formula is C15H27N3O2. The molecule has 20 heavy (non-hydrogen) atoms. The molecule has 5 heteroatoms. The molecule has 0 spiro atoms. The zero-order valence-corrected chi connectivity index (χ0v) is 12.9. The molecule has 0 saturated carbocycles. The van der Waals surface area contributed by atoms with Crippen molar-refractivity contribution >= 4 is 5.82 Å². The van der Waals surface area contributed by atoms with Gasteiger partial charge in [-0.05, 0) is 31.0 Å². The number of nitrogens with one attached hydrogen (secondary N) is 1. The smallest absolute Gasteiger partial charge is 0.126 e. The molecule has 0 saturated heterocycles. The minimum Gasteiger partial charge on any atom is -0.385 e. The quantitative estimate of drug-likeness (QED) is 0.629. The van der Waals surface area contributed by atoms with E-state index in [2.05, 4.69) is 34.3 Å². The van der Waals surface area contributed by atoms with Crippen molar-refractivity contribution in [3.63, 3.8) is 0 Å². The lowest BCUT2D eigenvalue weighted by atomic mass is 10.2. The van der Waals surface area contributed by atoms with Gasteiger partial charge in [0.15, 0.2) is 0 Å². The first-order valence-corrected chi connectivity index (χ1v) is 7.19. The third-order valence-electron chi connectivity index (χ3n) is 3.02. The molecular weight excluding hydrogens is 254 g/mol. The van der Waals surface area contributed by atoms with Gasteiger partial charge in [-0.15, -0.1) is 0 Å². The fraction of sp³-hybridized carbons (Fsp3) is 0.667. The van der Waals surface area contributed by atoms with Crippen LogP contribution in [0.1, 0.15) is 18.9 Å².